The minimum absolute atomic E-state index is 0.0616. The lowest BCUT2D eigenvalue weighted by Crippen LogP contribution is -2.24. The topological polar surface area (TPSA) is 81.4 Å². The maximum absolute atomic E-state index is 11.5. The minimum Gasteiger partial charge on any atom is -0.460 e. The molecule has 0 aliphatic rings. The highest BCUT2D eigenvalue weighted by Gasteiger charge is 2.21. The Morgan fingerprint density at radius 2 is 2.28 bits per heavy atom. The Morgan fingerprint density at radius 3 is 2.83 bits per heavy atom. The van der Waals surface area contributed by atoms with Gasteiger partial charge in [-0.2, -0.15) is 0 Å². The Bertz CT molecular complexity index is 465. The number of carbonyl (C=O) groups is 2. The molecule has 1 heterocycles. The predicted molar refractivity (Wildman–Crippen MR) is 64.0 cm³/mol. The molecule has 0 fully saturated rings. The third-order valence-corrected chi connectivity index (χ3v) is 2.19. The predicted octanol–water partition coefficient (Wildman–Crippen LogP) is 1.52. The van der Waals surface area contributed by atoms with Crippen molar-refractivity contribution in [1.29, 1.82) is 0 Å². The summed E-state index contributed by atoms with van der Waals surface area (Å²) in [4.78, 5) is 26.7. The second-order valence-corrected chi connectivity index (χ2v) is 3.62. The zero-order valence-corrected chi connectivity index (χ0v) is 10.6. The first-order valence-electron chi connectivity index (χ1n) is 5.57. The molecule has 0 aromatic carbocycles. The molecule has 0 radical (unpaired) electrons. The van der Waals surface area contributed by atoms with Gasteiger partial charge in [-0.1, -0.05) is 6.58 Å². The Morgan fingerprint density at radius 1 is 1.61 bits per heavy atom. The van der Waals surface area contributed by atoms with Crippen molar-refractivity contribution in [1.82, 2.24) is 10.3 Å². The van der Waals surface area contributed by atoms with Crippen molar-refractivity contribution in [3.8, 4) is 0 Å². The molecule has 1 N–H and O–H groups in total. The van der Waals surface area contributed by atoms with Gasteiger partial charge in [0.25, 0.3) is 0 Å². The van der Waals surface area contributed by atoms with Gasteiger partial charge < -0.3 is 14.5 Å². The molecule has 0 saturated heterocycles. The largest absolute Gasteiger partial charge is 0.460 e. The molecule has 0 aliphatic carbocycles. The second kappa shape index (κ2) is 6.00. The van der Waals surface area contributed by atoms with E-state index < -0.39 is 12.0 Å². The van der Waals surface area contributed by atoms with Gasteiger partial charge in [0.1, 0.15) is 6.04 Å². The van der Waals surface area contributed by atoms with E-state index in [1.165, 1.54) is 0 Å². The SMILES string of the molecule is C=CC(=O)NC(C)c1nc(C)c(C(=O)OCC)o1. The summed E-state index contributed by atoms with van der Waals surface area (Å²) in [5.74, 6) is -0.579. The van der Waals surface area contributed by atoms with Crippen molar-refractivity contribution in [3.05, 3.63) is 30.0 Å². The van der Waals surface area contributed by atoms with Crippen LogP contribution in [-0.2, 0) is 9.53 Å². The number of hydrogen-bond acceptors (Lipinski definition) is 5. The summed E-state index contributed by atoms with van der Waals surface area (Å²) in [6, 6.07) is -0.447. The maximum Gasteiger partial charge on any atom is 0.376 e. The van der Waals surface area contributed by atoms with Crippen molar-refractivity contribution in [2.45, 2.75) is 26.8 Å². The van der Waals surface area contributed by atoms with Crippen molar-refractivity contribution in [3.63, 3.8) is 0 Å². The van der Waals surface area contributed by atoms with Crippen LogP contribution in [0.5, 0.6) is 0 Å². The Balaban J connectivity index is 2.86. The smallest absolute Gasteiger partial charge is 0.376 e. The maximum atomic E-state index is 11.5. The standard InChI is InChI=1S/C12H16N2O4/c1-5-9(15)13-8(4)11-14-7(3)10(18-11)12(16)17-6-2/h5,8H,1,6H2,2-4H3,(H,13,15). The molecule has 18 heavy (non-hydrogen) atoms. The molecule has 0 spiro atoms. The van der Waals surface area contributed by atoms with E-state index in [1.807, 2.05) is 0 Å². The number of amides is 1. The quantitative estimate of drug-likeness (QED) is 0.634. The number of carbonyl (C=O) groups excluding carboxylic acids is 2. The van der Waals surface area contributed by atoms with E-state index in [9.17, 15) is 9.59 Å². The van der Waals surface area contributed by atoms with Crippen LogP contribution >= 0.6 is 0 Å². The summed E-state index contributed by atoms with van der Waals surface area (Å²) < 4.78 is 10.1. The number of nitrogens with zero attached hydrogens (tertiary/aromatic N) is 1. The van der Waals surface area contributed by atoms with E-state index in [4.69, 9.17) is 9.15 Å². The number of ether oxygens (including phenoxy) is 1. The normalized spacial score (nSPS) is 11.7. The summed E-state index contributed by atoms with van der Waals surface area (Å²) in [5, 5.41) is 2.59. The Hall–Kier alpha value is -2.11. The lowest BCUT2D eigenvalue weighted by molar-refractivity contribution is -0.117. The van der Waals surface area contributed by atoms with Crippen molar-refractivity contribution in [2.75, 3.05) is 6.61 Å². The number of esters is 1. The first-order chi connectivity index (χ1) is 8.49. The fraction of sp³-hybridized carbons (Fsp3) is 0.417. The average Bonchev–Trinajstić information content (AvgIpc) is 2.71. The third kappa shape index (κ3) is 3.19. The molecule has 1 aromatic rings. The van der Waals surface area contributed by atoms with Gasteiger partial charge in [-0.3, -0.25) is 4.79 Å². The minimum atomic E-state index is -0.559. The summed E-state index contributed by atoms with van der Waals surface area (Å²) in [6.07, 6.45) is 1.15. The molecular weight excluding hydrogens is 236 g/mol. The Kier molecular flexibility index (Phi) is 4.65. The number of hydrogen-bond donors (Lipinski definition) is 1. The average molecular weight is 252 g/mol. The fourth-order valence-corrected chi connectivity index (χ4v) is 1.32. The molecule has 1 atom stereocenters. The molecular formula is C12H16N2O4. The van der Waals surface area contributed by atoms with Gasteiger partial charge >= 0.3 is 5.97 Å². The molecule has 1 aromatic heterocycles. The molecule has 0 bridgehead atoms. The molecule has 0 saturated carbocycles. The van der Waals surface area contributed by atoms with Gasteiger partial charge in [-0.25, -0.2) is 9.78 Å². The van der Waals surface area contributed by atoms with Crippen LogP contribution in [0.2, 0.25) is 0 Å². The van der Waals surface area contributed by atoms with Gasteiger partial charge in [0.05, 0.1) is 12.3 Å². The van der Waals surface area contributed by atoms with Crippen LogP contribution in [0.1, 0.15) is 42.0 Å². The number of aromatic nitrogens is 1. The molecule has 1 unspecified atom stereocenters. The monoisotopic (exact) mass is 252 g/mol. The van der Waals surface area contributed by atoms with Gasteiger partial charge in [-0.05, 0) is 26.8 Å². The molecule has 98 valence electrons. The lowest BCUT2D eigenvalue weighted by Gasteiger charge is -2.07. The second-order valence-electron chi connectivity index (χ2n) is 3.62. The van der Waals surface area contributed by atoms with Gasteiger partial charge in [0.2, 0.25) is 17.6 Å². The zero-order valence-electron chi connectivity index (χ0n) is 10.6. The molecule has 6 nitrogen and oxygen atoms in total. The Labute approximate surface area is 105 Å². The van der Waals surface area contributed by atoms with Crippen molar-refractivity contribution < 1.29 is 18.7 Å². The molecule has 1 rings (SSSR count). The highest BCUT2D eigenvalue weighted by Crippen LogP contribution is 2.17. The van der Waals surface area contributed by atoms with E-state index in [1.54, 1.807) is 20.8 Å². The molecule has 0 aliphatic heterocycles. The van der Waals surface area contributed by atoms with Crippen LogP contribution in [0.25, 0.3) is 0 Å². The zero-order chi connectivity index (χ0) is 13.7. The van der Waals surface area contributed by atoms with E-state index >= 15 is 0 Å². The van der Waals surface area contributed by atoms with Gasteiger partial charge in [0, 0.05) is 0 Å². The summed E-state index contributed by atoms with van der Waals surface area (Å²) in [7, 11) is 0. The molecule has 6 heteroatoms. The number of rotatable bonds is 5. The van der Waals surface area contributed by atoms with E-state index in [0.29, 0.717) is 5.69 Å². The van der Waals surface area contributed by atoms with Crippen LogP contribution in [0.15, 0.2) is 17.1 Å². The van der Waals surface area contributed by atoms with Crippen LogP contribution < -0.4 is 5.32 Å². The number of nitrogens with one attached hydrogen (secondary N) is 1. The van der Waals surface area contributed by atoms with E-state index in [2.05, 4.69) is 16.9 Å². The van der Waals surface area contributed by atoms with Crippen molar-refractivity contribution in [2.24, 2.45) is 0 Å². The van der Waals surface area contributed by atoms with Crippen LogP contribution in [-0.4, -0.2) is 23.5 Å². The number of oxazole rings is 1. The van der Waals surface area contributed by atoms with Crippen LogP contribution in [0, 0.1) is 6.92 Å². The van der Waals surface area contributed by atoms with Gasteiger partial charge in [0.15, 0.2) is 0 Å². The van der Waals surface area contributed by atoms with Crippen LogP contribution in [0.4, 0.5) is 0 Å². The summed E-state index contributed by atoms with van der Waals surface area (Å²) in [5.41, 5.74) is 0.433. The van der Waals surface area contributed by atoms with Crippen LogP contribution in [0.3, 0.4) is 0 Å². The third-order valence-electron chi connectivity index (χ3n) is 2.19. The summed E-state index contributed by atoms with van der Waals surface area (Å²) >= 11 is 0. The number of aryl methyl sites for hydroxylation is 1. The van der Waals surface area contributed by atoms with E-state index in [0.717, 1.165) is 6.08 Å². The lowest BCUT2D eigenvalue weighted by atomic mass is 10.3. The van der Waals surface area contributed by atoms with E-state index in [-0.39, 0.29) is 24.2 Å². The summed E-state index contributed by atoms with van der Waals surface area (Å²) in [6.45, 7) is 8.65. The highest BCUT2D eigenvalue weighted by molar-refractivity contribution is 5.88. The first-order valence-corrected chi connectivity index (χ1v) is 5.57. The highest BCUT2D eigenvalue weighted by atomic mass is 16.5. The fourth-order valence-electron chi connectivity index (χ4n) is 1.32. The first kappa shape index (κ1) is 14.0. The molecule has 1 amide bonds. The van der Waals surface area contributed by atoms with Gasteiger partial charge in [-0.15, -0.1) is 0 Å². The van der Waals surface area contributed by atoms with Crippen molar-refractivity contribution >= 4 is 11.9 Å².